The molecule has 2 aliphatic rings. The molecule has 84 valence electrons. The summed E-state index contributed by atoms with van der Waals surface area (Å²) in [6.45, 7) is 0. The summed E-state index contributed by atoms with van der Waals surface area (Å²) < 4.78 is 0. The van der Waals surface area contributed by atoms with E-state index in [9.17, 15) is 9.90 Å². The van der Waals surface area contributed by atoms with Crippen LogP contribution in [-0.4, -0.2) is 17.1 Å². The zero-order valence-corrected chi connectivity index (χ0v) is 9.02. The summed E-state index contributed by atoms with van der Waals surface area (Å²) in [5, 5.41) is 12.7. The van der Waals surface area contributed by atoms with Crippen LogP contribution >= 0.6 is 0 Å². The molecule has 16 heavy (non-hydrogen) atoms. The lowest BCUT2D eigenvalue weighted by Crippen LogP contribution is -2.45. The van der Waals surface area contributed by atoms with Gasteiger partial charge in [-0.25, -0.2) is 0 Å². The molecule has 1 aromatic rings. The third kappa shape index (κ3) is 1.31. The first kappa shape index (κ1) is 9.70. The standard InChI is InChI=1S/C13H15NO2/c15-13(16)12-9-5-3-7-11(12)14-10-6-2-1-4-8(9)10/h1-2,4,6,9,11-12,14H,3,5,7H2,(H,15,16). The van der Waals surface area contributed by atoms with Gasteiger partial charge >= 0.3 is 5.97 Å². The molecule has 3 rings (SSSR count). The fourth-order valence-corrected chi connectivity index (χ4v) is 3.20. The van der Waals surface area contributed by atoms with E-state index in [-0.39, 0.29) is 17.9 Å². The topological polar surface area (TPSA) is 49.3 Å². The van der Waals surface area contributed by atoms with E-state index in [0.29, 0.717) is 0 Å². The number of hydrogen-bond acceptors (Lipinski definition) is 2. The van der Waals surface area contributed by atoms with E-state index in [1.54, 1.807) is 0 Å². The maximum absolute atomic E-state index is 11.3. The molecule has 1 saturated carbocycles. The molecule has 2 bridgehead atoms. The molecule has 2 N–H and O–H groups in total. The fraction of sp³-hybridized carbons (Fsp3) is 0.462. The number of carbonyl (C=O) groups is 1. The van der Waals surface area contributed by atoms with Crippen molar-refractivity contribution >= 4 is 11.7 Å². The molecule has 0 radical (unpaired) electrons. The summed E-state index contributed by atoms with van der Waals surface area (Å²) in [7, 11) is 0. The highest BCUT2D eigenvalue weighted by atomic mass is 16.4. The van der Waals surface area contributed by atoms with Gasteiger partial charge in [0.25, 0.3) is 0 Å². The summed E-state index contributed by atoms with van der Waals surface area (Å²) in [5.41, 5.74) is 2.32. The maximum atomic E-state index is 11.3. The number of rotatable bonds is 1. The molecular formula is C13H15NO2. The van der Waals surface area contributed by atoms with Crippen LogP contribution < -0.4 is 5.32 Å². The molecule has 3 unspecified atom stereocenters. The van der Waals surface area contributed by atoms with Crippen LogP contribution in [0.15, 0.2) is 24.3 Å². The van der Waals surface area contributed by atoms with E-state index in [0.717, 1.165) is 24.9 Å². The first-order valence-corrected chi connectivity index (χ1v) is 5.85. The monoisotopic (exact) mass is 217 g/mol. The van der Waals surface area contributed by atoms with Crippen molar-refractivity contribution < 1.29 is 9.90 Å². The van der Waals surface area contributed by atoms with Crippen LogP contribution in [0.25, 0.3) is 0 Å². The van der Waals surface area contributed by atoms with Crippen LogP contribution in [0.4, 0.5) is 5.69 Å². The quantitative estimate of drug-likeness (QED) is 0.759. The maximum Gasteiger partial charge on any atom is 0.309 e. The van der Waals surface area contributed by atoms with Crippen molar-refractivity contribution in [2.75, 3.05) is 5.32 Å². The van der Waals surface area contributed by atoms with E-state index >= 15 is 0 Å². The number of fused-ring (bicyclic) bond motifs is 4. The summed E-state index contributed by atoms with van der Waals surface area (Å²) in [5.74, 6) is -0.700. The lowest BCUT2D eigenvalue weighted by Gasteiger charge is -2.42. The molecule has 1 fully saturated rings. The second kappa shape index (κ2) is 3.51. The van der Waals surface area contributed by atoms with E-state index in [1.165, 1.54) is 5.56 Å². The summed E-state index contributed by atoms with van der Waals surface area (Å²) in [6, 6.07) is 8.23. The van der Waals surface area contributed by atoms with E-state index in [1.807, 2.05) is 12.1 Å². The Morgan fingerprint density at radius 1 is 1.31 bits per heavy atom. The number of carboxylic acids is 1. The molecular weight excluding hydrogens is 202 g/mol. The third-order valence-electron chi connectivity index (χ3n) is 3.88. The van der Waals surface area contributed by atoms with Gasteiger partial charge in [0.15, 0.2) is 0 Å². The second-order valence-corrected chi connectivity index (χ2v) is 4.74. The van der Waals surface area contributed by atoms with Crippen molar-refractivity contribution in [2.24, 2.45) is 5.92 Å². The van der Waals surface area contributed by atoms with Crippen molar-refractivity contribution in [3.05, 3.63) is 29.8 Å². The number of aliphatic carboxylic acids is 1. The SMILES string of the molecule is O=C(O)C1C2CCCC1c1ccccc1N2. The Balaban J connectivity index is 2.07. The van der Waals surface area contributed by atoms with Crippen LogP contribution in [0, 0.1) is 5.92 Å². The highest BCUT2D eigenvalue weighted by Gasteiger charge is 2.43. The van der Waals surface area contributed by atoms with Gasteiger partial charge in [0.2, 0.25) is 0 Å². The van der Waals surface area contributed by atoms with Gasteiger partial charge in [0.05, 0.1) is 5.92 Å². The summed E-state index contributed by atoms with van der Waals surface area (Å²) in [6.07, 6.45) is 3.11. The van der Waals surface area contributed by atoms with Gasteiger partial charge in [-0.15, -0.1) is 0 Å². The van der Waals surface area contributed by atoms with Crippen molar-refractivity contribution in [1.29, 1.82) is 0 Å². The predicted molar refractivity (Wildman–Crippen MR) is 61.6 cm³/mol. The Morgan fingerprint density at radius 3 is 2.94 bits per heavy atom. The molecule has 1 aromatic carbocycles. The van der Waals surface area contributed by atoms with Gasteiger partial charge in [-0.3, -0.25) is 4.79 Å². The molecule has 3 atom stereocenters. The van der Waals surface area contributed by atoms with Crippen LogP contribution in [0.5, 0.6) is 0 Å². The largest absolute Gasteiger partial charge is 0.481 e. The van der Waals surface area contributed by atoms with Crippen LogP contribution in [0.3, 0.4) is 0 Å². The number of anilines is 1. The van der Waals surface area contributed by atoms with Crippen molar-refractivity contribution in [3.8, 4) is 0 Å². The second-order valence-electron chi connectivity index (χ2n) is 4.74. The average molecular weight is 217 g/mol. The Bertz CT molecular complexity index is 430. The smallest absolute Gasteiger partial charge is 0.309 e. The van der Waals surface area contributed by atoms with Gasteiger partial charge in [-0.1, -0.05) is 24.6 Å². The molecule has 0 amide bonds. The Kier molecular flexibility index (Phi) is 2.13. The Hall–Kier alpha value is -1.51. The molecule has 0 spiro atoms. The number of carboxylic acid groups (broad SMARTS) is 1. The van der Waals surface area contributed by atoms with Gasteiger partial charge < -0.3 is 10.4 Å². The first-order valence-electron chi connectivity index (χ1n) is 5.85. The first-order chi connectivity index (χ1) is 7.77. The highest BCUT2D eigenvalue weighted by molar-refractivity contribution is 5.76. The number of para-hydroxylation sites is 1. The lowest BCUT2D eigenvalue weighted by molar-refractivity contribution is -0.144. The predicted octanol–water partition coefficient (Wildman–Crippen LogP) is 2.45. The van der Waals surface area contributed by atoms with Crippen LogP contribution in [0.2, 0.25) is 0 Å². The lowest BCUT2D eigenvalue weighted by atomic mass is 9.69. The number of benzene rings is 1. The molecule has 0 aromatic heterocycles. The number of nitrogens with one attached hydrogen (secondary N) is 1. The molecule has 1 heterocycles. The summed E-state index contributed by atoms with van der Waals surface area (Å²) in [4.78, 5) is 11.3. The van der Waals surface area contributed by atoms with Gasteiger partial charge in [-0.2, -0.15) is 0 Å². The minimum Gasteiger partial charge on any atom is -0.481 e. The normalized spacial score (nSPS) is 31.4. The third-order valence-corrected chi connectivity index (χ3v) is 3.88. The minimum absolute atomic E-state index is 0.117. The van der Waals surface area contributed by atoms with E-state index in [2.05, 4.69) is 17.4 Å². The van der Waals surface area contributed by atoms with E-state index in [4.69, 9.17) is 0 Å². The van der Waals surface area contributed by atoms with Gasteiger partial charge in [0.1, 0.15) is 0 Å². The zero-order valence-electron chi connectivity index (χ0n) is 9.02. The van der Waals surface area contributed by atoms with Crippen molar-refractivity contribution in [2.45, 2.75) is 31.2 Å². The molecule has 1 aliphatic heterocycles. The van der Waals surface area contributed by atoms with Crippen molar-refractivity contribution in [3.63, 3.8) is 0 Å². The van der Waals surface area contributed by atoms with Crippen LogP contribution in [0.1, 0.15) is 30.7 Å². The molecule has 0 saturated heterocycles. The Morgan fingerprint density at radius 2 is 2.12 bits per heavy atom. The fourth-order valence-electron chi connectivity index (χ4n) is 3.20. The van der Waals surface area contributed by atoms with Gasteiger partial charge in [0, 0.05) is 17.6 Å². The van der Waals surface area contributed by atoms with Crippen LogP contribution in [-0.2, 0) is 4.79 Å². The van der Waals surface area contributed by atoms with Crippen molar-refractivity contribution in [1.82, 2.24) is 0 Å². The molecule has 3 heteroatoms. The average Bonchev–Trinajstić information content (AvgIpc) is 2.28. The zero-order chi connectivity index (χ0) is 11.1. The molecule has 3 nitrogen and oxygen atoms in total. The minimum atomic E-state index is -0.656. The van der Waals surface area contributed by atoms with E-state index < -0.39 is 5.97 Å². The summed E-state index contributed by atoms with van der Waals surface area (Å²) >= 11 is 0. The number of hydrogen-bond donors (Lipinski definition) is 2. The molecule has 1 aliphatic carbocycles. The highest BCUT2D eigenvalue weighted by Crippen LogP contribution is 2.45. The van der Waals surface area contributed by atoms with Gasteiger partial charge in [-0.05, 0) is 24.5 Å². The Labute approximate surface area is 94.5 Å².